The van der Waals surface area contributed by atoms with Gasteiger partial charge in [-0.05, 0) is 34.8 Å². The van der Waals surface area contributed by atoms with Crippen molar-refractivity contribution >= 4 is 59.0 Å². The number of rotatable bonds is 10. The summed E-state index contributed by atoms with van der Waals surface area (Å²) in [4.78, 5) is 24.6. The maximum absolute atomic E-state index is 11.2. The van der Waals surface area contributed by atoms with E-state index in [1.165, 1.54) is 23.3 Å². The molecular formula is C22H22O4S4. The van der Waals surface area contributed by atoms with Gasteiger partial charge in [-0.25, -0.2) is 9.59 Å². The molecule has 0 aromatic heterocycles. The third kappa shape index (κ3) is 7.34. The fourth-order valence-electron chi connectivity index (χ4n) is 2.74. The number of hydrogen-bond donors (Lipinski definition) is 0. The first-order valence-electron chi connectivity index (χ1n) is 9.24. The molecule has 0 bridgehead atoms. The van der Waals surface area contributed by atoms with Crippen molar-refractivity contribution in [3.05, 3.63) is 81.3 Å². The van der Waals surface area contributed by atoms with Gasteiger partial charge in [0.05, 0.1) is 9.16 Å². The lowest BCUT2D eigenvalue weighted by Crippen LogP contribution is -2.05. The minimum Gasteiger partial charge on any atom is -0.457 e. The predicted octanol–water partition coefficient (Wildman–Crippen LogP) is 5.53. The van der Waals surface area contributed by atoms with Crippen LogP contribution in [0.15, 0.2) is 70.2 Å². The van der Waals surface area contributed by atoms with Gasteiger partial charge in [0.15, 0.2) is 0 Å². The first-order chi connectivity index (χ1) is 14.6. The first kappa shape index (κ1) is 23.2. The van der Waals surface area contributed by atoms with Gasteiger partial charge < -0.3 is 9.47 Å². The van der Waals surface area contributed by atoms with Crippen molar-refractivity contribution in [3.8, 4) is 0 Å². The van der Waals surface area contributed by atoms with Gasteiger partial charge in [0.2, 0.25) is 0 Å². The molecule has 0 aliphatic carbocycles. The molecule has 0 saturated carbocycles. The standard InChI is InChI=1S/C22H22O4S4/c1-3-19(23)25-11-17-13-27-21(29-17)9-15-6-5-7-16(8-15)10-22-28-14-18(30-22)12-26-20(24)4-2/h3-8,13-14,21-22H,1-2,9-12H2. The zero-order chi connectivity index (χ0) is 21.3. The number of benzene rings is 1. The van der Waals surface area contributed by atoms with Crippen LogP contribution >= 0.6 is 47.0 Å². The molecule has 158 valence electrons. The molecule has 2 atom stereocenters. The van der Waals surface area contributed by atoms with Gasteiger partial charge in [-0.2, -0.15) is 0 Å². The highest BCUT2D eigenvalue weighted by Gasteiger charge is 2.22. The Morgan fingerprint density at radius 3 is 1.77 bits per heavy atom. The summed E-state index contributed by atoms with van der Waals surface area (Å²) in [6.07, 6.45) is 4.27. The lowest BCUT2D eigenvalue weighted by molar-refractivity contribution is -0.137. The Bertz CT molecular complexity index is 810. The Kier molecular flexibility index (Phi) is 9.11. The zero-order valence-corrected chi connectivity index (χ0v) is 19.5. The van der Waals surface area contributed by atoms with Crippen molar-refractivity contribution in [2.75, 3.05) is 13.2 Å². The van der Waals surface area contributed by atoms with E-state index >= 15 is 0 Å². The van der Waals surface area contributed by atoms with E-state index in [-0.39, 0.29) is 0 Å². The monoisotopic (exact) mass is 478 g/mol. The maximum Gasteiger partial charge on any atom is 0.330 e. The molecule has 0 saturated heterocycles. The summed E-state index contributed by atoms with van der Waals surface area (Å²) in [6, 6.07) is 8.70. The second-order valence-corrected chi connectivity index (χ2v) is 11.8. The van der Waals surface area contributed by atoms with E-state index in [0.29, 0.717) is 22.4 Å². The number of esters is 2. The van der Waals surface area contributed by atoms with Gasteiger partial charge in [-0.1, -0.05) is 37.4 Å². The Balaban J connectivity index is 1.44. The summed E-state index contributed by atoms with van der Waals surface area (Å²) in [5.41, 5.74) is 2.60. The second-order valence-electron chi connectivity index (χ2n) is 6.39. The smallest absolute Gasteiger partial charge is 0.330 e. The number of hydrogen-bond acceptors (Lipinski definition) is 8. The van der Waals surface area contributed by atoms with Gasteiger partial charge in [0.25, 0.3) is 0 Å². The van der Waals surface area contributed by atoms with Crippen LogP contribution in [-0.4, -0.2) is 34.3 Å². The minimum absolute atomic E-state index is 0.312. The summed E-state index contributed by atoms with van der Waals surface area (Å²) in [5, 5.41) is 4.15. The molecule has 2 aliphatic heterocycles. The number of ether oxygens (including phenoxy) is 2. The Morgan fingerprint density at radius 1 is 0.867 bits per heavy atom. The van der Waals surface area contributed by atoms with Gasteiger partial charge in [0.1, 0.15) is 13.2 Å². The van der Waals surface area contributed by atoms with E-state index in [4.69, 9.17) is 9.47 Å². The third-order valence-corrected chi connectivity index (χ3v) is 9.37. The van der Waals surface area contributed by atoms with Crippen LogP contribution in [0.4, 0.5) is 0 Å². The third-order valence-electron chi connectivity index (χ3n) is 4.11. The van der Waals surface area contributed by atoms with Crippen LogP contribution in [0.2, 0.25) is 0 Å². The molecule has 0 spiro atoms. The summed E-state index contributed by atoms with van der Waals surface area (Å²) in [5.74, 6) is -0.784. The normalized spacial score (nSPS) is 20.3. The quantitative estimate of drug-likeness (QED) is 0.322. The summed E-state index contributed by atoms with van der Waals surface area (Å²) >= 11 is 7.05. The lowest BCUT2D eigenvalue weighted by Gasteiger charge is -2.13. The van der Waals surface area contributed by atoms with E-state index < -0.39 is 11.9 Å². The molecule has 2 unspecified atom stereocenters. The molecule has 3 rings (SSSR count). The van der Waals surface area contributed by atoms with E-state index in [9.17, 15) is 9.59 Å². The van der Waals surface area contributed by atoms with Gasteiger partial charge in [0, 0.05) is 22.0 Å². The second kappa shape index (κ2) is 11.8. The fraction of sp³-hybridized carbons (Fsp3) is 0.273. The molecule has 1 aromatic rings. The highest BCUT2D eigenvalue weighted by Crippen LogP contribution is 2.43. The lowest BCUT2D eigenvalue weighted by atomic mass is 10.1. The molecule has 2 heterocycles. The van der Waals surface area contributed by atoms with Crippen LogP contribution < -0.4 is 0 Å². The zero-order valence-electron chi connectivity index (χ0n) is 16.3. The van der Waals surface area contributed by atoms with Crippen LogP contribution in [0, 0.1) is 0 Å². The Morgan fingerprint density at radius 2 is 1.33 bits per heavy atom. The van der Waals surface area contributed by atoms with E-state index in [1.807, 2.05) is 0 Å². The molecule has 30 heavy (non-hydrogen) atoms. The highest BCUT2D eigenvalue weighted by atomic mass is 32.2. The minimum atomic E-state index is -0.392. The van der Waals surface area contributed by atoms with Crippen molar-refractivity contribution in [2.24, 2.45) is 0 Å². The van der Waals surface area contributed by atoms with Crippen LogP contribution in [0.1, 0.15) is 11.1 Å². The highest BCUT2D eigenvalue weighted by molar-refractivity contribution is 8.23. The molecular weight excluding hydrogens is 457 g/mol. The first-order valence-corrected chi connectivity index (χ1v) is 12.9. The summed E-state index contributed by atoms with van der Waals surface area (Å²) in [7, 11) is 0. The van der Waals surface area contributed by atoms with Gasteiger partial charge in [-0.3, -0.25) is 0 Å². The average molecular weight is 479 g/mol. The topological polar surface area (TPSA) is 52.6 Å². The molecule has 0 amide bonds. The number of carbonyl (C=O) groups is 2. The van der Waals surface area contributed by atoms with E-state index in [0.717, 1.165) is 22.7 Å². The van der Waals surface area contributed by atoms with Gasteiger partial charge in [-0.15, -0.1) is 47.0 Å². The fourth-order valence-corrected chi connectivity index (χ4v) is 7.84. The van der Waals surface area contributed by atoms with Crippen LogP contribution in [0.25, 0.3) is 0 Å². The SMILES string of the molecule is C=CC(=O)OCC1=CSC(Cc2cccc(CC3SC=C(COC(=O)C=C)S3)c2)S1. The molecule has 8 heteroatoms. The van der Waals surface area contributed by atoms with Gasteiger partial charge >= 0.3 is 11.9 Å². The summed E-state index contributed by atoms with van der Waals surface area (Å²) < 4.78 is 11.0. The largest absolute Gasteiger partial charge is 0.457 e. The van der Waals surface area contributed by atoms with Crippen molar-refractivity contribution < 1.29 is 19.1 Å². The molecule has 0 N–H and O–H groups in total. The molecule has 4 nitrogen and oxygen atoms in total. The average Bonchev–Trinajstić information content (AvgIpc) is 3.39. The van der Waals surface area contributed by atoms with Crippen molar-refractivity contribution in [2.45, 2.75) is 22.0 Å². The molecule has 1 aromatic carbocycles. The van der Waals surface area contributed by atoms with Crippen LogP contribution in [0.5, 0.6) is 0 Å². The van der Waals surface area contributed by atoms with E-state index in [2.05, 4.69) is 48.2 Å². The number of thioether (sulfide) groups is 4. The van der Waals surface area contributed by atoms with E-state index in [1.54, 1.807) is 47.0 Å². The van der Waals surface area contributed by atoms with Crippen molar-refractivity contribution in [1.29, 1.82) is 0 Å². The maximum atomic E-state index is 11.2. The summed E-state index contributed by atoms with van der Waals surface area (Å²) in [6.45, 7) is 7.44. The van der Waals surface area contributed by atoms with Crippen LogP contribution in [-0.2, 0) is 31.9 Å². The van der Waals surface area contributed by atoms with Crippen molar-refractivity contribution in [1.82, 2.24) is 0 Å². The molecule has 0 fully saturated rings. The Hall–Kier alpha value is -1.48. The number of carbonyl (C=O) groups excluding carboxylic acids is 2. The molecule has 0 radical (unpaired) electrons. The predicted molar refractivity (Wildman–Crippen MR) is 130 cm³/mol. The molecule has 2 aliphatic rings. The van der Waals surface area contributed by atoms with Crippen LogP contribution in [0.3, 0.4) is 0 Å². The van der Waals surface area contributed by atoms with Crippen molar-refractivity contribution in [3.63, 3.8) is 0 Å². The Labute approximate surface area is 194 Å².